The molecule has 0 amide bonds. The molecule has 0 spiro atoms. The van der Waals surface area contributed by atoms with E-state index in [1.807, 2.05) is 0 Å². The number of aromatic hydroxyl groups is 2. The molecule has 0 aliphatic rings. The van der Waals surface area contributed by atoms with Gasteiger partial charge in [0.15, 0.2) is 0 Å². The van der Waals surface area contributed by atoms with Gasteiger partial charge in [0.2, 0.25) is 20.0 Å². The zero-order valence-electron chi connectivity index (χ0n) is 30.8. The van der Waals surface area contributed by atoms with Crippen LogP contribution in [0.1, 0.15) is 11.4 Å². The van der Waals surface area contributed by atoms with Crippen molar-refractivity contribution in [2.45, 2.75) is 23.6 Å². The Balaban J connectivity index is 0.000000310. The number of hydrogen-bond acceptors (Lipinski definition) is 18. The van der Waals surface area contributed by atoms with Crippen LogP contribution < -0.4 is 51.0 Å². The number of azo groups is 2. The summed E-state index contributed by atoms with van der Waals surface area (Å²) in [7, 11) is -7.76. The maximum Gasteiger partial charge on any atom is 1.00 e. The second-order valence-electron chi connectivity index (χ2n) is 11.6. The number of primary sulfonamides is 2. The van der Waals surface area contributed by atoms with Gasteiger partial charge in [-0.2, -0.15) is 10.2 Å². The molecule has 309 valence electrons. The maximum absolute atomic E-state index is 12.6. The van der Waals surface area contributed by atoms with Crippen LogP contribution >= 0.6 is 0 Å². The molecule has 2 heterocycles. The number of phenolic OH excluding ortho intramolecular Hbond substituents is 2. The van der Waals surface area contributed by atoms with Gasteiger partial charge in [0.05, 0.1) is 31.0 Å². The Hall–Kier alpha value is -6.17. The van der Waals surface area contributed by atoms with E-state index in [1.54, 1.807) is 0 Å². The first-order valence-corrected chi connectivity index (χ1v) is 18.8. The number of nitro benzene ring substituents is 2. The van der Waals surface area contributed by atoms with E-state index in [9.17, 15) is 56.9 Å². The maximum atomic E-state index is 12.6. The van der Waals surface area contributed by atoms with Crippen LogP contribution in [0.25, 0.3) is 11.4 Å². The van der Waals surface area contributed by atoms with Crippen molar-refractivity contribution in [3.8, 4) is 22.9 Å². The van der Waals surface area contributed by atoms with E-state index in [-0.39, 0.29) is 125 Å². The zero-order chi connectivity index (χ0) is 42.7. The van der Waals surface area contributed by atoms with Crippen molar-refractivity contribution in [1.82, 2.24) is 19.6 Å². The molecule has 60 heavy (non-hydrogen) atoms. The molecule has 6 N–H and O–H groups in total. The molecule has 2 aromatic heterocycles. The fraction of sp³-hybridized carbons (Fsp3) is 0.0625. The standard InChI is InChI=1S/2C16H13N6O6S.Co.Na/c2*1-9-15(19-18-13-8-11(22(25)26)4-7-14(13)23)16(24)21(20-9)10-2-5-12(6-3-10)29(17,27)28;;/h2*2-8,23H,1H3,(H2,17,27,28);;/q2*-1;;+1. The van der Waals surface area contributed by atoms with Gasteiger partial charge in [-0.1, -0.05) is 25.2 Å². The molecule has 0 aliphatic carbocycles. The van der Waals surface area contributed by atoms with Gasteiger partial charge in [-0.3, -0.25) is 20.2 Å². The SMILES string of the molecule is Cc1nn(-c2ccc(S(N)(=O)=O)cc2)c(=O)[c-]1N=Nc1cc([N+](=O)[O-])ccc1O.Cc1nn(-c2ccc(S(N)(=O)=O)cc2)c(=O)[c-]1N=Nc1cc([N+](=O)[O-])ccc1O.[Co].[Na+]. The number of rotatable bonds is 10. The number of benzene rings is 4. The first kappa shape index (κ1) is 48.2. The fourth-order valence-electron chi connectivity index (χ4n) is 4.75. The van der Waals surface area contributed by atoms with E-state index in [0.29, 0.717) is 0 Å². The predicted octanol–water partition coefficient (Wildman–Crippen LogP) is 0.874. The number of hydrogen-bond donors (Lipinski definition) is 4. The van der Waals surface area contributed by atoms with Crippen molar-refractivity contribution in [1.29, 1.82) is 0 Å². The van der Waals surface area contributed by atoms with Crippen molar-refractivity contribution >= 4 is 54.2 Å². The molecule has 24 nitrogen and oxygen atoms in total. The van der Waals surface area contributed by atoms with Crippen LogP contribution in [0.3, 0.4) is 0 Å². The smallest absolute Gasteiger partial charge is 0.506 e. The predicted molar refractivity (Wildman–Crippen MR) is 201 cm³/mol. The molecule has 4 aromatic carbocycles. The van der Waals surface area contributed by atoms with E-state index >= 15 is 0 Å². The summed E-state index contributed by atoms with van der Waals surface area (Å²) in [5.41, 5.74) is -1.64. The van der Waals surface area contributed by atoms with Gasteiger partial charge < -0.3 is 30.0 Å². The first-order valence-electron chi connectivity index (χ1n) is 15.7. The Morgan fingerprint density at radius 1 is 0.633 bits per heavy atom. The molecular formula is C32H26CoN12NaO12S2-. The topological polar surface area (TPSA) is 366 Å². The monoisotopic (exact) mass is 916 g/mol. The number of nitrogens with two attached hydrogens (primary N) is 2. The Labute approximate surface area is 369 Å². The molecule has 0 saturated carbocycles. The van der Waals surface area contributed by atoms with Crippen LogP contribution in [0.2, 0.25) is 0 Å². The summed E-state index contributed by atoms with van der Waals surface area (Å²) in [6.07, 6.45) is 0. The van der Waals surface area contributed by atoms with E-state index in [2.05, 4.69) is 30.7 Å². The van der Waals surface area contributed by atoms with Gasteiger partial charge in [-0.15, -0.1) is 11.4 Å². The normalized spacial score (nSPS) is 11.4. The number of aromatic nitrogens is 4. The van der Waals surface area contributed by atoms with E-state index < -0.39 is 41.0 Å². The summed E-state index contributed by atoms with van der Waals surface area (Å²) < 4.78 is 47.3. The molecule has 0 unspecified atom stereocenters. The third-order valence-electron chi connectivity index (χ3n) is 7.65. The summed E-state index contributed by atoms with van der Waals surface area (Å²) in [4.78, 5) is 45.3. The van der Waals surface area contributed by atoms with Crippen LogP contribution in [-0.2, 0) is 36.8 Å². The van der Waals surface area contributed by atoms with Crippen LogP contribution in [0.15, 0.2) is 125 Å². The number of sulfonamides is 2. The summed E-state index contributed by atoms with van der Waals surface area (Å²) in [6, 6.07) is 16.7. The van der Waals surface area contributed by atoms with Gasteiger partial charge in [-0.05, 0) is 60.7 Å². The molecule has 28 heteroatoms. The van der Waals surface area contributed by atoms with Crippen molar-refractivity contribution < 1.29 is 83.2 Å². The quantitative estimate of drug-likeness (QED) is 0.0487. The zero-order valence-corrected chi connectivity index (χ0v) is 35.5. The Bertz CT molecular complexity index is 2800. The average molecular weight is 917 g/mol. The minimum absolute atomic E-state index is 0. The number of aryl methyl sites for hydroxylation is 2. The van der Waals surface area contributed by atoms with Crippen LogP contribution in [0, 0.1) is 34.1 Å². The number of nitro groups is 2. The minimum atomic E-state index is -3.88. The Morgan fingerprint density at radius 2 is 0.950 bits per heavy atom. The van der Waals surface area contributed by atoms with Crippen LogP contribution in [0.4, 0.5) is 34.1 Å². The van der Waals surface area contributed by atoms with E-state index in [1.165, 1.54) is 62.4 Å². The number of nitrogens with zero attached hydrogens (tertiary/aromatic N) is 10. The van der Waals surface area contributed by atoms with Gasteiger partial charge in [0.25, 0.3) is 11.4 Å². The molecule has 0 fully saturated rings. The van der Waals surface area contributed by atoms with Crippen molar-refractivity contribution in [2.75, 3.05) is 0 Å². The Kier molecular flexibility index (Phi) is 15.5. The minimum Gasteiger partial charge on any atom is -0.506 e. The van der Waals surface area contributed by atoms with Gasteiger partial charge in [-0.25, -0.2) is 46.7 Å². The van der Waals surface area contributed by atoms with Crippen LogP contribution in [0.5, 0.6) is 11.5 Å². The molecule has 0 saturated heterocycles. The molecule has 0 aliphatic heterocycles. The summed E-state index contributed by atoms with van der Waals surface area (Å²) in [5, 5.41) is 74.4. The molecule has 1 radical (unpaired) electrons. The fourth-order valence-corrected chi connectivity index (χ4v) is 5.78. The van der Waals surface area contributed by atoms with Gasteiger partial charge >= 0.3 is 29.6 Å². The molecule has 0 bridgehead atoms. The summed E-state index contributed by atoms with van der Waals surface area (Å²) >= 11 is 0. The van der Waals surface area contributed by atoms with E-state index in [4.69, 9.17) is 10.3 Å². The molecule has 6 aromatic rings. The molecule has 0 atom stereocenters. The largest absolute Gasteiger partial charge is 1.00 e. The Morgan fingerprint density at radius 3 is 1.23 bits per heavy atom. The van der Waals surface area contributed by atoms with Gasteiger partial charge in [0.1, 0.15) is 34.0 Å². The third kappa shape index (κ3) is 11.1. The van der Waals surface area contributed by atoms with Crippen molar-refractivity contribution in [3.63, 3.8) is 0 Å². The number of phenols is 2. The van der Waals surface area contributed by atoms with E-state index in [0.717, 1.165) is 45.8 Å². The molecular weight excluding hydrogens is 890 g/mol. The average Bonchev–Trinajstić information content (AvgIpc) is 3.61. The van der Waals surface area contributed by atoms with Crippen molar-refractivity contribution in [2.24, 2.45) is 30.7 Å². The van der Waals surface area contributed by atoms with Crippen LogP contribution in [-0.4, -0.2) is 56.5 Å². The molecule has 6 rings (SSSR count). The van der Waals surface area contributed by atoms with Crippen molar-refractivity contribution in [3.05, 3.63) is 137 Å². The first-order chi connectivity index (χ1) is 27.1. The summed E-state index contributed by atoms with van der Waals surface area (Å²) in [6.45, 7) is 3.00. The van der Waals surface area contributed by atoms with Gasteiger partial charge in [0, 0.05) is 41.0 Å². The second-order valence-corrected chi connectivity index (χ2v) is 14.8. The third-order valence-corrected chi connectivity index (χ3v) is 9.51. The second kappa shape index (κ2) is 19.3. The summed E-state index contributed by atoms with van der Waals surface area (Å²) in [5.74, 6) is -0.703. The number of non-ortho nitro benzene ring substituents is 2.